The molecule has 0 bridgehead atoms. The van der Waals surface area contributed by atoms with Crippen molar-refractivity contribution in [2.24, 2.45) is 0 Å². The van der Waals surface area contributed by atoms with E-state index in [0.29, 0.717) is 24.2 Å². The fourth-order valence-corrected chi connectivity index (χ4v) is 2.60. The Bertz CT molecular complexity index is 659. The zero-order chi connectivity index (χ0) is 15.6. The molecule has 114 valence electrons. The second-order valence-electron chi connectivity index (χ2n) is 5.31. The topological polar surface area (TPSA) is 62.5 Å². The van der Waals surface area contributed by atoms with Crippen molar-refractivity contribution in [1.29, 1.82) is 0 Å². The van der Waals surface area contributed by atoms with Crippen molar-refractivity contribution in [3.8, 4) is 0 Å². The third-order valence-corrected chi connectivity index (χ3v) is 4.49. The standard InChI is InChI=1S/C16H20BrNO3/c1-4-16(20,5-2)9-18-15(19)14-10(3)12-8-11(17)6-7-13(12)21-14/h6-8,20H,4-5,9H2,1-3H3,(H,18,19). The summed E-state index contributed by atoms with van der Waals surface area (Å²) < 4.78 is 6.58. The average Bonchev–Trinajstić information content (AvgIpc) is 2.81. The Morgan fingerprint density at radius 2 is 2.05 bits per heavy atom. The van der Waals surface area contributed by atoms with Gasteiger partial charge in [-0.05, 0) is 38.0 Å². The molecule has 0 saturated heterocycles. The number of aryl methyl sites for hydroxylation is 1. The summed E-state index contributed by atoms with van der Waals surface area (Å²) in [6.07, 6.45) is 1.19. The van der Waals surface area contributed by atoms with Gasteiger partial charge in [0.2, 0.25) is 0 Å². The highest BCUT2D eigenvalue weighted by Crippen LogP contribution is 2.28. The number of aliphatic hydroxyl groups is 1. The van der Waals surface area contributed by atoms with Gasteiger partial charge in [0.25, 0.3) is 5.91 Å². The van der Waals surface area contributed by atoms with Crippen molar-refractivity contribution >= 4 is 32.8 Å². The lowest BCUT2D eigenvalue weighted by molar-refractivity contribution is 0.0310. The fraction of sp³-hybridized carbons (Fsp3) is 0.438. The van der Waals surface area contributed by atoms with E-state index in [2.05, 4.69) is 21.2 Å². The molecule has 1 heterocycles. The van der Waals surface area contributed by atoms with Gasteiger partial charge in [-0.2, -0.15) is 0 Å². The van der Waals surface area contributed by atoms with E-state index in [0.717, 1.165) is 15.4 Å². The molecule has 2 aromatic rings. The number of hydrogen-bond donors (Lipinski definition) is 2. The molecule has 0 saturated carbocycles. The Labute approximate surface area is 132 Å². The lowest BCUT2D eigenvalue weighted by atomic mass is 9.97. The molecular formula is C16H20BrNO3. The van der Waals surface area contributed by atoms with Gasteiger partial charge in [0, 0.05) is 22.0 Å². The van der Waals surface area contributed by atoms with Crippen LogP contribution in [0.15, 0.2) is 27.1 Å². The zero-order valence-corrected chi connectivity index (χ0v) is 14.1. The highest BCUT2D eigenvalue weighted by atomic mass is 79.9. The molecule has 0 aliphatic rings. The lowest BCUT2D eigenvalue weighted by Crippen LogP contribution is -2.42. The summed E-state index contributed by atoms with van der Waals surface area (Å²) in [7, 11) is 0. The summed E-state index contributed by atoms with van der Waals surface area (Å²) in [4.78, 5) is 12.3. The molecule has 2 N–H and O–H groups in total. The molecule has 1 amide bonds. The quantitative estimate of drug-likeness (QED) is 0.859. The average molecular weight is 354 g/mol. The van der Waals surface area contributed by atoms with E-state index in [1.807, 2.05) is 39.0 Å². The van der Waals surface area contributed by atoms with Crippen LogP contribution in [-0.4, -0.2) is 23.2 Å². The summed E-state index contributed by atoms with van der Waals surface area (Å²) in [6, 6.07) is 5.64. The monoisotopic (exact) mass is 353 g/mol. The smallest absolute Gasteiger partial charge is 0.287 e. The molecule has 5 heteroatoms. The molecule has 0 aliphatic carbocycles. The lowest BCUT2D eigenvalue weighted by Gasteiger charge is -2.25. The predicted molar refractivity (Wildman–Crippen MR) is 86.5 cm³/mol. The minimum atomic E-state index is -0.862. The number of carbonyl (C=O) groups excluding carboxylic acids is 1. The molecule has 0 unspecified atom stereocenters. The highest BCUT2D eigenvalue weighted by molar-refractivity contribution is 9.10. The number of nitrogens with one attached hydrogen (secondary N) is 1. The third kappa shape index (κ3) is 3.30. The van der Waals surface area contributed by atoms with Crippen LogP contribution in [-0.2, 0) is 0 Å². The number of carbonyl (C=O) groups is 1. The van der Waals surface area contributed by atoms with E-state index in [-0.39, 0.29) is 12.5 Å². The summed E-state index contributed by atoms with van der Waals surface area (Å²) in [5.74, 6) is 0.0119. The summed E-state index contributed by atoms with van der Waals surface area (Å²) >= 11 is 3.41. The molecule has 21 heavy (non-hydrogen) atoms. The predicted octanol–water partition coefficient (Wildman–Crippen LogP) is 3.78. The van der Waals surface area contributed by atoms with Gasteiger partial charge in [0.05, 0.1) is 5.60 Å². The molecule has 1 aromatic heterocycles. The van der Waals surface area contributed by atoms with Crippen molar-refractivity contribution in [3.63, 3.8) is 0 Å². The van der Waals surface area contributed by atoms with Crippen LogP contribution >= 0.6 is 15.9 Å². The SMILES string of the molecule is CCC(O)(CC)CNC(=O)c1oc2ccc(Br)cc2c1C. The van der Waals surface area contributed by atoms with Crippen LogP contribution in [0.3, 0.4) is 0 Å². The van der Waals surface area contributed by atoms with E-state index in [1.165, 1.54) is 0 Å². The van der Waals surface area contributed by atoms with Gasteiger partial charge in [-0.15, -0.1) is 0 Å². The molecule has 0 radical (unpaired) electrons. The number of furan rings is 1. The van der Waals surface area contributed by atoms with Crippen molar-refractivity contribution in [2.75, 3.05) is 6.54 Å². The van der Waals surface area contributed by atoms with Crippen LogP contribution in [0, 0.1) is 6.92 Å². The minimum absolute atomic E-state index is 0.221. The number of benzene rings is 1. The van der Waals surface area contributed by atoms with Crippen LogP contribution in [0.25, 0.3) is 11.0 Å². The van der Waals surface area contributed by atoms with Crippen LogP contribution < -0.4 is 5.32 Å². The van der Waals surface area contributed by atoms with Crippen molar-refractivity contribution in [1.82, 2.24) is 5.32 Å². The fourth-order valence-electron chi connectivity index (χ4n) is 2.23. The van der Waals surface area contributed by atoms with Crippen LogP contribution in [0.5, 0.6) is 0 Å². The van der Waals surface area contributed by atoms with E-state index < -0.39 is 5.60 Å². The first-order valence-corrected chi connectivity index (χ1v) is 7.88. The number of amides is 1. The van der Waals surface area contributed by atoms with Gasteiger partial charge in [-0.3, -0.25) is 4.79 Å². The Morgan fingerprint density at radius 1 is 1.38 bits per heavy atom. The van der Waals surface area contributed by atoms with E-state index in [1.54, 1.807) is 0 Å². The molecule has 0 aliphatic heterocycles. The summed E-state index contributed by atoms with van der Waals surface area (Å²) in [5, 5.41) is 13.9. The molecule has 0 fully saturated rings. The molecule has 4 nitrogen and oxygen atoms in total. The van der Waals surface area contributed by atoms with Crippen LogP contribution in [0.1, 0.15) is 42.8 Å². The van der Waals surface area contributed by atoms with E-state index in [4.69, 9.17) is 4.42 Å². The van der Waals surface area contributed by atoms with Crippen LogP contribution in [0.4, 0.5) is 0 Å². The number of hydrogen-bond acceptors (Lipinski definition) is 3. The molecular weight excluding hydrogens is 334 g/mol. The maximum Gasteiger partial charge on any atom is 0.287 e. The van der Waals surface area contributed by atoms with Crippen molar-refractivity contribution < 1.29 is 14.3 Å². The first-order valence-electron chi connectivity index (χ1n) is 7.09. The summed E-state index contributed by atoms with van der Waals surface area (Å²) in [6.45, 7) is 5.89. The Morgan fingerprint density at radius 3 is 2.67 bits per heavy atom. The Kier molecular flexibility index (Phi) is 4.74. The highest BCUT2D eigenvalue weighted by Gasteiger charge is 2.25. The largest absolute Gasteiger partial charge is 0.451 e. The second kappa shape index (κ2) is 6.20. The maximum absolute atomic E-state index is 12.3. The van der Waals surface area contributed by atoms with Gasteiger partial charge in [-0.25, -0.2) is 0 Å². The van der Waals surface area contributed by atoms with Crippen molar-refractivity contribution in [2.45, 2.75) is 39.2 Å². The van der Waals surface area contributed by atoms with E-state index in [9.17, 15) is 9.90 Å². The van der Waals surface area contributed by atoms with Gasteiger partial charge in [0.1, 0.15) is 5.58 Å². The molecule has 2 rings (SSSR count). The van der Waals surface area contributed by atoms with Gasteiger partial charge in [0.15, 0.2) is 5.76 Å². The maximum atomic E-state index is 12.3. The first kappa shape index (κ1) is 16.0. The van der Waals surface area contributed by atoms with Crippen molar-refractivity contribution in [3.05, 3.63) is 34.0 Å². The third-order valence-electron chi connectivity index (χ3n) is 4.00. The zero-order valence-electron chi connectivity index (χ0n) is 12.5. The molecule has 1 aromatic carbocycles. The summed E-state index contributed by atoms with van der Waals surface area (Å²) in [5.41, 5.74) is 0.626. The van der Waals surface area contributed by atoms with Gasteiger partial charge >= 0.3 is 0 Å². The Balaban J connectivity index is 2.22. The van der Waals surface area contributed by atoms with Gasteiger partial charge < -0.3 is 14.8 Å². The van der Waals surface area contributed by atoms with E-state index >= 15 is 0 Å². The second-order valence-corrected chi connectivity index (χ2v) is 6.23. The number of fused-ring (bicyclic) bond motifs is 1. The normalized spacial score (nSPS) is 11.9. The minimum Gasteiger partial charge on any atom is -0.451 e. The van der Waals surface area contributed by atoms with Gasteiger partial charge in [-0.1, -0.05) is 29.8 Å². The molecule has 0 atom stereocenters. The van der Waals surface area contributed by atoms with Crippen LogP contribution in [0.2, 0.25) is 0 Å². The Hall–Kier alpha value is -1.33. The number of halogens is 1. The number of rotatable bonds is 5. The first-order chi connectivity index (χ1) is 9.90. The molecule has 0 spiro atoms.